The third-order valence-corrected chi connectivity index (χ3v) is 7.94. The molecule has 0 saturated heterocycles. The number of hydrogen-bond acceptors (Lipinski definition) is 8. The third kappa shape index (κ3) is 9.53. The Morgan fingerprint density at radius 2 is 1.03 bits per heavy atom. The first-order valence-corrected chi connectivity index (χ1v) is 16.1. The summed E-state index contributed by atoms with van der Waals surface area (Å²) < 4.78 is 210. The Hall–Kier alpha value is -6.71. The standard InChI is InChI=1S/C17H11F8N5O2.C15H9F8N5O/c1-8(31)27-10-2-3-30-11(4-10)28-13(16(20,21)22)12(14(30)32)9-5-26-29(6-9)7-15(18,19)17(23,24)25;16-13(17,15(21,22)23)6-27-5-7(4-25-27)10-11(14(18,19)20)26-9-3-8(24)1-2-28(9)12(10)29/h2-6H,7H2,1H3,(H,27,31);1-5H,6,24H2. The van der Waals surface area contributed by atoms with Crippen molar-refractivity contribution >= 4 is 28.6 Å². The second kappa shape index (κ2) is 15.4. The molecule has 0 atom stereocenters. The van der Waals surface area contributed by atoms with Crippen LogP contribution >= 0.6 is 0 Å². The fraction of sp³-hybridized carbons (Fsp3) is 0.281. The summed E-state index contributed by atoms with van der Waals surface area (Å²) >= 11 is 0. The number of hydrogen-bond donors (Lipinski definition) is 2. The van der Waals surface area contributed by atoms with Crippen molar-refractivity contribution in [2.24, 2.45) is 0 Å². The number of nitrogens with two attached hydrogens (primary N) is 1. The molecule has 1 amide bonds. The first-order chi connectivity index (χ1) is 27.8. The number of pyridine rings is 2. The van der Waals surface area contributed by atoms with Crippen LogP contribution in [-0.2, 0) is 30.2 Å². The smallest absolute Gasteiger partial charge is 0.399 e. The Bertz CT molecular complexity index is 2740. The lowest BCUT2D eigenvalue weighted by Crippen LogP contribution is -2.40. The molecule has 0 aliphatic rings. The molecule has 13 nitrogen and oxygen atoms in total. The molecule has 0 aliphatic heterocycles. The molecule has 0 saturated carbocycles. The average molecular weight is 897 g/mol. The minimum atomic E-state index is -5.91. The van der Waals surface area contributed by atoms with Gasteiger partial charge in [-0.2, -0.15) is 80.4 Å². The summed E-state index contributed by atoms with van der Waals surface area (Å²) in [6.45, 7) is -2.83. The van der Waals surface area contributed by atoms with Crippen molar-refractivity contribution in [3.8, 4) is 22.3 Å². The number of alkyl halides is 16. The highest BCUT2D eigenvalue weighted by atomic mass is 19.4. The first kappa shape index (κ1) is 45.4. The molecule has 0 aromatic carbocycles. The van der Waals surface area contributed by atoms with Gasteiger partial charge in [0.2, 0.25) is 5.91 Å². The number of aromatic nitrogens is 8. The van der Waals surface area contributed by atoms with Gasteiger partial charge >= 0.3 is 36.6 Å². The summed E-state index contributed by atoms with van der Waals surface area (Å²) in [4.78, 5) is 43.2. The molecular weight excluding hydrogens is 876 g/mol. The minimum absolute atomic E-state index is 0.0278. The van der Waals surface area contributed by atoms with Crippen molar-refractivity contribution in [3.63, 3.8) is 0 Å². The maximum atomic E-state index is 13.6. The number of fused-ring (bicyclic) bond motifs is 2. The molecule has 6 heterocycles. The van der Waals surface area contributed by atoms with Crippen LogP contribution in [0.1, 0.15) is 18.3 Å². The predicted molar refractivity (Wildman–Crippen MR) is 176 cm³/mol. The highest BCUT2D eigenvalue weighted by Crippen LogP contribution is 2.40. The zero-order chi connectivity index (χ0) is 45.8. The lowest BCUT2D eigenvalue weighted by atomic mass is 10.1. The van der Waals surface area contributed by atoms with Crippen LogP contribution in [0.2, 0.25) is 0 Å². The Morgan fingerprint density at radius 1 is 0.639 bits per heavy atom. The Labute approximate surface area is 325 Å². The van der Waals surface area contributed by atoms with E-state index >= 15 is 0 Å². The maximum Gasteiger partial charge on any atom is 0.455 e. The monoisotopic (exact) mass is 896 g/mol. The van der Waals surface area contributed by atoms with E-state index in [2.05, 4.69) is 25.5 Å². The molecule has 6 aromatic heterocycles. The number of halogens is 16. The SMILES string of the molecule is CC(=O)Nc1ccn2c(=O)c(-c3cnn(CC(F)(F)C(F)(F)F)c3)c(C(F)(F)F)nc2c1.Nc1ccn2c(=O)c(-c3cnn(CC(F)(F)C(F)(F)F)c3)c(C(F)(F)F)nc2c1. The second-order valence-electron chi connectivity index (χ2n) is 12.5. The minimum Gasteiger partial charge on any atom is -0.399 e. The van der Waals surface area contributed by atoms with Crippen molar-refractivity contribution in [2.45, 2.75) is 56.6 Å². The van der Waals surface area contributed by atoms with Crippen molar-refractivity contribution in [1.29, 1.82) is 0 Å². The lowest BCUT2D eigenvalue weighted by Gasteiger charge is -2.19. The Morgan fingerprint density at radius 3 is 1.41 bits per heavy atom. The van der Waals surface area contributed by atoms with Gasteiger partial charge < -0.3 is 11.1 Å². The first-order valence-electron chi connectivity index (χ1n) is 16.1. The summed E-state index contributed by atoms with van der Waals surface area (Å²) in [5, 5.41) is 8.76. The second-order valence-corrected chi connectivity index (χ2v) is 12.5. The molecular formula is C32H20F16N10O3. The summed E-state index contributed by atoms with van der Waals surface area (Å²) in [5.74, 6) is -10.9. The fourth-order valence-electron chi connectivity index (χ4n) is 5.25. The van der Waals surface area contributed by atoms with Gasteiger partial charge in [0, 0.05) is 66.3 Å². The molecule has 6 rings (SSSR count). The zero-order valence-electron chi connectivity index (χ0n) is 29.6. The van der Waals surface area contributed by atoms with Gasteiger partial charge in [0.05, 0.1) is 23.5 Å². The highest BCUT2D eigenvalue weighted by molar-refractivity contribution is 5.89. The van der Waals surface area contributed by atoms with Crippen molar-refractivity contribution < 1.29 is 75.0 Å². The van der Waals surface area contributed by atoms with E-state index in [-0.39, 0.29) is 20.7 Å². The van der Waals surface area contributed by atoms with Gasteiger partial charge in [-0.15, -0.1) is 0 Å². The molecule has 328 valence electrons. The van der Waals surface area contributed by atoms with E-state index < -0.39 is 112 Å². The van der Waals surface area contributed by atoms with Gasteiger partial charge in [-0.25, -0.2) is 9.97 Å². The van der Waals surface area contributed by atoms with E-state index in [0.717, 1.165) is 35.9 Å². The largest absolute Gasteiger partial charge is 0.455 e. The van der Waals surface area contributed by atoms with E-state index in [1.807, 2.05) is 0 Å². The number of amides is 1. The van der Waals surface area contributed by atoms with Crippen LogP contribution < -0.4 is 22.2 Å². The van der Waals surface area contributed by atoms with Crippen LogP contribution in [0.4, 0.5) is 81.6 Å². The molecule has 3 N–H and O–H groups in total. The van der Waals surface area contributed by atoms with E-state index in [1.165, 1.54) is 12.1 Å². The molecule has 61 heavy (non-hydrogen) atoms. The Kier molecular flexibility index (Phi) is 11.5. The molecule has 0 aliphatic carbocycles. The fourth-order valence-corrected chi connectivity index (χ4v) is 5.25. The quantitative estimate of drug-likeness (QED) is 0.161. The topological polar surface area (TPSA) is 160 Å². The van der Waals surface area contributed by atoms with Crippen LogP contribution in [0.15, 0.2) is 71.0 Å². The van der Waals surface area contributed by atoms with Crippen LogP contribution in [0.3, 0.4) is 0 Å². The number of nitrogens with zero attached hydrogens (tertiary/aromatic N) is 8. The van der Waals surface area contributed by atoms with Gasteiger partial charge in [-0.05, 0) is 12.1 Å². The third-order valence-electron chi connectivity index (χ3n) is 7.94. The van der Waals surface area contributed by atoms with Crippen molar-refractivity contribution in [1.82, 2.24) is 38.3 Å². The normalized spacial score (nSPS) is 13.1. The van der Waals surface area contributed by atoms with Crippen LogP contribution in [0.25, 0.3) is 33.5 Å². The summed E-state index contributed by atoms with van der Waals surface area (Å²) in [6, 6.07) is 4.41. The Balaban J connectivity index is 0.000000232. The maximum absolute atomic E-state index is 13.6. The highest BCUT2D eigenvalue weighted by Gasteiger charge is 2.58. The van der Waals surface area contributed by atoms with Crippen LogP contribution in [0, 0.1) is 0 Å². The molecule has 0 spiro atoms. The number of nitrogens with one attached hydrogen (secondary N) is 1. The number of carbonyl (C=O) groups is 1. The summed E-state index contributed by atoms with van der Waals surface area (Å²) in [5.41, 5.74) is -4.68. The van der Waals surface area contributed by atoms with E-state index in [4.69, 9.17) is 5.73 Å². The van der Waals surface area contributed by atoms with Gasteiger partial charge in [-0.3, -0.25) is 32.5 Å². The molecule has 6 aromatic rings. The van der Waals surface area contributed by atoms with Crippen molar-refractivity contribution in [2.75, 3.05) is 11.1 Å². The van der Waals surface area contributed by atoms with Crippen molar-refractivity contribution in [3.05, 3.63) is 93.5 Å². The van der Waals surface area contributed by atoms with Crippen LogP contribution in [-0.4, -0.2) is 68.4 Å². The van der Waals surface area contributed by atoms with Gasteiger partial charge in [-0.1, -0.05) is 0 Å². The molecule has 0 radical (unpaired) electrons. The number of nitrogen functional groups attached to an aromatic ring is 1. The number of rotatable bonds is 7. The van der Waals surface area contributed by atoms with Crippen LogP contribution in [0.5, 0.6) is 0 Å². The number of carbonyl (C=O) groups excluding carboxylic acids is 1. The van der Waals surface area contributed by atoms with Gasteiger partial charge in [0.15, 0.2) is 11.4 Å². The van der Waals surface area contributed by atoms with E-state index in [9.17, 15) is 84.6 Å². The molecule has 0 unspecified atom stereocenters. The zero-order valence-corrected chi connectivity index (χ0v) is 29.6. The summed E-state index contributed by atoms with van der Waals surface area (Å²) in [6.07, 6.45) is -18.0. The van der Waals surface area contributed by atoms with E-state index in [0.29, 0.717) is 29.2 Å². The molecule has 0 fully saturated rings. The van der Waals surface area contributed by atoms with Gasteiger partial charge in [0.1, 0.15) is 24.4 Å². The molecule has 0 bridgehead atoms. The molecule has 29 heteroatoms. The lowest BCUT2D eigenvalue weighted by molar-refractivity contribution is -0.287. The van der Waals surface area contributed by atoms with E-state index in [1.54, 1.807) is 0 Å². The predicted octanol–water partition coefficient (Wildman–Crippen LogP) is 7.09. The number of anilines is 2. The summed E-state index contributed by atoms with van der Waals surface area (Å²) in [7, 11) is 0. The average Bonchev–Trinajstić information content (AvgIpc) is 3.75. The van der Waals surface area contributed by atoms with Gasteiger partial charge in [0.25, 0.3) is 11.1 Å².